The van der Waals surface area contributed by atoms with Gasteiger partial charge in [0.15, 0.2) is 0 Å². The molecule has 4 heteroatoms. The highest BCUT2D eigenvalue weighted by atomic mass is 16.1. The summed E-state index contributed by atoms with van der Waals surface area (Å²) in [6.45, 7) is 7.20. The number of fused-ring (bicyclic) bond motifs is 1. The quantitative estimate of drug-likeness (QED) is 0.906. The third-order valence-electron chi connectivity index (χ3n) is 4.47. The fraction of sp³-hybridized carbons (Fsp3) is 0.400. The number of carbonyl (C=O) groups is 1. The maximum absolute atomic E-state index is 12.3. The summed E-state index contributed by atoms with van der Waals surface area (Å²) in [5.41, 5.74) is 4.08. The number of aromatic nitrogens is 1. The Morgan fingerprint density at radius 1 is 1.33 bits per heavy atom. The summed E-state index contributed by atoms with van der Waals surface area (Å²) in [7, 11) is 0. The summed E-state index contributed by atoms with van der Waals surface area (Å²) in [6, 6.07) is 12.7. The summed E-state index contributed by atoms with van der Waals surface area (Å²) < 4.78 is 0. The summed E-state index contributed by atoms with van der Waals surface area (Å²) >= 11 is 0. The first-order valence-electron chi connectivity index (χ1n) is 8.67. The fourth-order valence-corrected chi connectivity index (χ4v) is 3.22. The predicted molar refractivity (Wildman–Crippen MR) is 97.8 cm³/mol. The summed E-state index contributed by atoms with van der Waals surface area (Å²) in [6.07, 6.45) is 3.72. The predicted octanol–water partition coefficient (Wildman–Crippen LogP) is 3.94. The van der Waals surface area contributed by atoms with Crippen molar-refractivity contribution in [3.8, 4) is 0 Å². The van der Waals surface area contributed by atoms with Crippen molar-refractivity contribution in [3.63, 3.8) is 0 Å². The van der Waals surface area contributed by atoms with Crippen LogP contribution in [0.25, 0.3) is 0 Å². The van der Waals surface area contributed by atoms with E-state index in [0.717, 1.165) is 18.5 Å². The van der Waals surface area contributed by atoms with Crippen LogP contribution in [0.15, 0.2) is 42.6 Å². The molecule has 126 valence electrons. The average Bonchev–Trinajstić information content (AvgIpc) is 2.90. The van der Waals surface area contributed by atoms with E-state index in [1.807, 2.05) is 12.1 Å². The first kappa shape index (κ1) is 16.5. The minimum absolute atomic E-state index is 0.0994. The van der Waals surface area contributed by atoms with Crippen LogP contribution in [0.5, 0.6) is 0 Å². The molecule has 2 heterocycles. The number of nitrogens with zero attached hydrogens (tertiary/aromatic N) is 2. The second-order valence-corrected chi connectivity index (χ2v) is 6.89. The lowest BCUT2D eigenvalue weighted by Gasteiger charge is -2.25. The van der Waals surface area contributed by atoms with E-state index in [0.29, 0.717) is 24.2 Å². The molecular weight excluding hydrogens is 298 g/mol. The van der Waals surface area contributed by atoms with Crippen molar-refractivity contribution >= 4 is 17.3 Å². The number of benzene rings is 1. The van der Waals surface area contributed by atoms with E-state index in [9.17, 15) is 4.79 Å². The van der Waals surface area contributed by atoms with Crippen LogP contribution in [0.3, 0.4) is 0 Å². The molecule has 0 radical (unpaired) electrons. The number of anilines is 2. The van der Waals surface area contributed by atoms with E-state index in [1.54, 1.807) is 6.20 Å². The maximum atomic E-state index is 12.3. The number of hydrogen-bond acceptors (Lipinski definition) is 3. The second kappa shape index (κ2) is 7.04. The number of pyridine rings is 1. The SMILES string of the molecule is CC(C)CCNC(=O)c1cc(N2c3ccccc3CC2C)ccn1. The van der Waals surface area contributed by atoms with Crippen molar-refractivity contribution < 1.29 is 4.79 Å². The van der Waals surface area contributed by atoms with Crippen LogP contribution in [0.4, 0.5) is 11.4 Å². The van der Waals surface area contributed by atoms with Crippen LogP contribution >= 0.6 is 0 Å². The van der Waals surface area contributed by atoms with Gasteiger partial charge in [0.1, 0.15) is 5.69 Å². The summed E-state index contributed by atoms with van der Waals surface area (Å²) in [5.74, 6) is 0.476. The molecule has 2 aromatic rings. The van der Waals surface area contributed by atoms with Crippen molar-refractivity contribution in [1.29, 1.82) is 0 Å². The van der Waals surface area contributed by atoms with Gasteiger partial charge in [-0.05, 0) is 49.4 Å². The third-order valence-corrected chi connectivity index (χ3v) is 4.47. The van der Waals surface area contributed by atoms with Gasteiger partial charge in [-0.1, -0.05) is 32.0 Å². The molecule has 0 saturated heterocycles. The van der Waals surface area contributed by atoms with Crippen LogP contribution in [0, 0.1) is 5.92 Å². The highest BCUT2D eigenvalue weighted by Gasteiger charge is 2.27. The Hall–Kier alpha value is -2.36. The number of para-hydroxylation sites is 1. The van der Waals surface area contributed by atoms with Gasteiger partial charge in [0.25, 0.3) is 5.91 Å². The van der Waals surface area contributed by atoms with Crippen LogP contribution in [0.1, 0.15) is 43.2 Å². The van der Waals surface area contributed by atoms with Crippen LogP contribution in [0.2, 0.25) is 0 Å². The standard InChI is InChI=1S/C20H25N3O/c1-14(2)8-10-22-20(24)18-13-17(9-11-21-18)23-15(3)12-16-6-4-5-7-19(16)23/h4-7,9,11,13-15H,8,10,12H2,1-3H3,(H,22,24). The Kier molecular flexibility index (Phi) is 4.84. The van der Waals surface area contributed by atoms with Crippen molar-refractivity contribution in [2.45, 2.75) is 39.7 Å². The molecule has 4 nitrogen and oxygen atoms in total. The van der Waals surface area contributed by atoms with Gasteiger partial charge >= 0.3 is 0 Å². The molecule has 1 aromatic carbocycles. The van der Waals surface area contributed by atoms with Gasteiger partial charge in [-0.15, -0.1) is 0 Å². The van der Waals surface area contributed by atoms with Gasteiger partial charge in [0, 0.05) is 30.2 Å². The maximum Gasteiger partial charge on any atom is 0.269 e. The molecule has 0 fully saturated rings. The van der Waals surface area contributed by atoms with E-state index in [1.165, 1.54) is 11.3 Å². The third kappa shape index (κ3) is 3.42. The molecule has 0 bridgehead atoms. The number of hydrogen-bond donors (Lipinski definition) is 1. The Bertz CT molecular complexity index is 726. The van der Waals surface area contributed by atoms with Crippen LogP contribution in [-0.2, 0) is 6.42 Å². The van der Waals surface area contributed by atoms with Gasteiger partial charge in [-0.25, -0.2) is 0 Å². The Morgan fingerprint density at radius 3 is 2.92 bits per heavy atom. The first-order valence-corrected chi connectivity index (χ1v) is 8.67. The van der Waals surface area contributed by atoms with Gasteiger partial charge < -0.3 is 10.2 Å². The molecule has 1 amide bonds. The minimum Gasteiger partial charge on any atom is -0.351 e. The lowest BCUT2D eigenvalue weighted by molar-refractivity contribution is 0.0947. The molecule has 24 heavy (non-hydrogen) atoms. The van der Waals surface area contributed by atoms with Crippen molar-refractivity contribution in [2.75, 3.05) is 11.4 Å². The molecule has 1 unspecified atom stereocenters. The molecular formula is C20H25N3O. The summed E-state index contributed by atoms with van der Waals surface area (Å²) in [5, 5.41) is 2.96. The minimum atomic E-state index is -0.0994. The molecule has 3 rings (SSSR count). The van der Waals surface area contributed by atoms with E-state index in [-0.39, 0.29) is 5.91 Å². The van der Waals surface area contributed by atoms with Crippen molar-refractivity contribution in [1.82, 2.24) is 10.3 Å². The average molecular weight is 323 g/mol. The van der Waals surface area contributed by atoms with Crippen LogP contribution in [-0.4, -0.2) is 23.5 Å². The molecule has 1 aliphatic heterocycles. The van der Waals surface area contributed by atoms with Gasteiger partial charge in [-0.3, -0.25) is 9.78 Å². The van der Waals surface area contributed by atoms with Gasteiger partial charge in [0.05, 0.1) is 0 Å². The van der Waals surface area contributed by atoms with Gasteiger partial charge in [0.2, 0.25) is 0 Å². The molecule has 1 aromatic heterocycles. The van der Waals surface area contributed by atoms with E-state index in [2.05, 4.69) is 60.2 Å². The number of nitrogens with one attached hydrogen (secondary N) is 1. The second-order valence-electron chi connectivity index (χ2n) is 6.89. The van der Waals surface area contributed by atoms with E-state index < -0.39 is 0 Å². The zero-order valence-electron chi connectivity index (χ0n) is 14.6. The largest absolute Gasteiger partial charge is 0.351 e. The number of amides is 1. The topological polar surface area (TPSA) is 45.2 Å². The van der Waals surface area contributed by atoms with Crippen molar-refractivity contribution in [2.24, 2.45) is 5.92 Å². The highest BCUT2D eigenvalue weighted by Crippen LogP contribution is 2.37. The molecule has 0 aliphatic carbocycles. The Labute approximate surface area is 143 Å². The van der Waals surface area contributed by atoms with Crippen molar-refractivity contribution in [3.05, 3.63) is 53.9 Å². The van der Waals surface area contributed by atoms with E-state index >= 15 is 0 Å². The van der Waals surface area contributed by atoms with Gasteiger partial charge in [-0.2, -0.15) is 0 Å². The number of carbonyl (C=O) groups excluding carboxylic acids is 1. The monoisotopic (exact) mass is 323 g/mol. The molecule has 0 spiro atoms. The molecule has 1 aliphatic rings. The molecule has 1 N–H and O–H groups in total. The fourth-order valence-electron chi connectivity index (χ4n) is 3.22. The zero-order valence-corrected chi connectivity index (χ0v) is 14.6. The van der Waals surface area contributed by atoms with Crippen LogP contribution < -0.4 is 10.2 Å². The normalized spacial score (nSPS) is 16.3. The lowest BCUT2D eigenvalue weighted by atomic mass is 10.1. The first-order chi connectivity index (χ1) is 11.6. The lowest BCUT2D eigenvalue weighted by Crippen LogP contribution is -2.27. The molecule has 0 saturated carbocycles. The van der Waals surface area contributed by atoms with E-state index in [4.69, 9.17) is 0 Å². The molecule has 1 atom stereocenters. The summed E-state index contributed by atoms with van der Waals surface area (Å²) in [4.78, 5) is 18.9. The zero-order chi connectivity index (χ0) is 17.1. The highest BCUT2D eigenvalue weighted by molar-refractivity contribution is 5.93. The Morgan fingerprint density at radius 2 is 2.12 bits per heavy atom. The Balaban J connectivity index is 1.80. The number of rotatable bonds is 5. The smallest absolute Gasteiger partial charge is 0.269 e.